The molecule has 0 aliphatic carbocycles. The van der Waals surface area contributed by atoms with Crippen LogP contribution in [0.3, 0.4) is 0 Å². The van der Waals surface area contributed by atoms with Gasteiger partial charge in [0.1, 0.15) is 11.2 Å². The van der Waals surface area contributed by atoms with Gasteiger partial charge in [-0.25, -0.2) is 0 Å². The van der Waals surface area contributed by atoms with E-state index in [1.807, 2.05) is 17.4 Å². The van der Waals surface area contributed by atoms with Crippen molar-refractivity contribution in [3.8, 4) is 89.5 Å². The molecule has 0 amide bonds. The van der Waals surface area contributed by atoms with E-state index in [-0.39, 0.29) is 0 Å². The molecule has 0 aliphatic rings. The summed E-state index contributed by atoms with van der Waals surface area (Å²) in [5.41, 5.74) is 40.0. The second-order valence-electron chi connectivity index (χ2n) is 40.4. The highest BCUT2D eigenvalue weighted by Crippen LogP contribution is 2.50. The van der Waals surface area contributed by atoms with Crippen LogP contribution in [0.25, 0.3) is 219 Å². The molecule has 2 atom stereocenters. The van der Waals surface area contributed by atoms with Crippen molar-refractivity contribution >= 4 is 141 Å². The normalized spacial score (nSPS) is 12.2. The quantitative estimate of drug-likeness (QED) is 0.0450. The number of hydrogen-bond acceptors (Lipinski definition) is 2. The van der Waals surface area contributed by atoms with E-state index < -0.39 is 0 Å². The third-order valence-electron chi connectivity index (χ3n) is 31.3. The Morgan fingerprint density at radius 1 is 0.233 bits per heavy atom. The van der Waals surface area contributed by atoms with Crippen LogP contribution >= 0.6 is 11.3 Å². The van der Waals surface area contributed by atoms with E-state index in [1.54, 1.807) is 0 Å². The minimum absolute atomic E-state index is 0.493. The third-order valence-corrected chi connectivity index (χ3v) is 32.5. The standard InChI is InChI=1S/C54H52N2.C44H39NO.C42H35NS/c1-3-5-7-10-20-39-30-33-53-47(36-39)48-37-40(21-11-8-6-4-2)31-34-54(48)56(53)51-29-19-16-26-45(51)44-25-15-14-24-43(44)41-32-35-52-49(38-41)46-27-17-18-28-50(46)55(52)42-22-12-9-13-23-42;1-5-28(3)30-22-24-35-36-25-23-31(29(4)6-2)27-41(36)45(40(35)26-30)39-19-11-9-16-34(39)32-14-7-8-15-33(32)37-18-13-21-43-44(37)38-17-10-12-20-42(38)46-43;1-3-5-12-29-22-24-35-34-23-21-28(4-2)25-39(34)43(40(35)26-29)38-19-8-6-15-32(38)30-13-10-14-31(27-30)33-17-11-18-37-36-16-7-9-20-41(36)44-42(33)37/h9,12-19,22-38H,3-8,10-11,20-21H2,1-2H3;7-29H,5-6H2,1-4H3;6-11,13-27H,3-5,12H2,1-2H3. The van der Waals surface area contributed by atoms with E-state index in [0.717, 1.165) is 60.5 Å². The molecule has 0 saturated heterocycles. The number of para-hydroxylation sites is 6. The molecular weight excluding hydrogens is 1790 g/mol. The molecule has 0 radical (unpaired) electrons. The molecule has 25 aromatic rings. The van der Waals surface area contributed by atoms with Gasteiger partial charge in [0.25, 0.3) is 0 Å². The Morgan fingerprint density at radius 2 is 0.630 bits per heavy atom. The van der Waals surface area contributed by atoms with Gasteiger partial charge in [0, 0.05) is 96.4 Å². The van der Waals surface area contributed by atoms with Crippen LogP contribution in [-0.2, 0) is 25.7 Å². The zero-order valence-electron chi connectivity index (χ0n) is 85.3. The van der Waals surface area contributed by atoms with E-state index in [0.29, 0.717) is 11.8 Å². The SMILES string of the molecule is CCC(C)c1ccc2c3ccc(C(C)CC)cc3n(-c3ccccc3-c3ccccc3-c3cccc4oc5ccccc5c34)c2c1.CCCCCCc1ccc2c(c1)c1cc(CCCCCC)ccc1n2-c1ccccc1-c1ccccc1-c1ccc2c(c1)c1ccccc1n2-c1ccccc1.CCCCc1ccc2c3ccc(CC)cc3n(-c3ccccc3-c3cccc(-c4cccc5c4sc4ccccc45)c3)c2c1. The highest BCUT2D eigenvalue weighted by Gasteiger charge is 2.27. The van der Waals surface area contributed by atoms with Gasteiger partial charge in [0.05, 0.1) is 61.2 Å². The Kier molecular flexibility index (Phi) is 26.8. The highest BCUT2D eigenvalue weighted by molar-refractivity contribution is 7.26. The van der Waals surface area contributed by atoms with Gasteiger partial charge < -0.3 is 22.7 Å². The summed E-state index contributed by atoms with van der Waals surface area (Å²) in [6.07, 6.45) is 19.3. The van der Waals surface area contributed by atoms with Crippen molar-refractivity contribution in [1.82, 2.24) is 18.3 Å². The minimum Gasteiger partial charge on any atom is -0.456 e. The molecule has 6 aromatic heterocycles. The van der Waals surface area contributed by atoms with E-state index >= 15 is 0 Å². The average molecular weight is 1910 g/mol. The minimum atomic E-state index is 0.493. The number of furan rings is 1. The predicted molar refractivity (Wildman–Crippen MR) is 631 cm³/mol. The molecule has 19 aromatic carbocycles. The van der Waals surface area contributed by atoms with E-state index in [1.165, 1.54) is 294 Å². The van der Waals surface area contributed by atoms with Crippen molar-refractivity contribution in [3.05, 3.63) is 446 Å². The molecule has 0 spiro atoms. The van der Waals surface area contributed by atoms with Crippen molar-refractivity contribution in [3.63, 3.8) is 0 Å². The molecular formula is C140H126N4OS. The summed E-state index contributed by atoms with van der Waals surface area (Å²) in [6.45, 7) is 18.3. The van der Waals surface area contributed by atoms with Crippen LogP contribution in [0.4, 0.5) is 0 Å². The van der Waals surface area contributed by atoms with Crippen molar-refractivity contribution in [2.24, 2.45) is 0 Å². The van der Waals surface area contributed by atoms with Crippen LogP contribution in [0.15, 0.2) is 417 Å². The fourth-order valence-corrected chi connectivity index (χ4v) is 24.4. The number of fused-ring (bicyclic) bond motifs is 18. The number of aromatic nitrogens is 4. The van der Waals surface area contributed by atoms with Crippen LogP contribution < -0.4 is 0 Å². The summed E-state index contributed by atoms with van der Waals surface area (Å²) < 4.78 is 19.0. The number of benzene rings is 19. The zero-order chi connectivity index (χ0) is 98.8. The lowest BCUT2D eigenvalue weighted by molar-refractivity contribution is 0.667. The maximum atomic E-state index is 6.31. The number of rotatable bonds is 28. The fraction of sp³-hybridized carbons (Fsp3) is 0.186. The number of hydrogen-bond donors (Lipinski definition) is 0. The lowest BCUT2D eigenvalue weighted by Crippen LogP contribution is -2.00. The molecule has 0 aliphatic heterocycles. The first-order chi connectivity index (χ1) is 72.0. The number of nitrogens with zero attached hydrogens (tertiary/aromatic N) is 4. The van der Waals surface area contributed by atoms with Crippen molar-refractivity contribution in [1.29, 1.82) is 0 Å². The van der Waals surface area contributed by atoms with Crippen molar-refractivity contribution in [2.45, 2.75) is 170 Å². The average Bonchev–Trinajstić information content (AvgIpc) is 1.58. The van der Waals surface area contributed by atoms with Crippen LogP contribution in [0.1, 0.15) is 178 Å². The van der Waals surface area contributed by atoms with Crippen LogP contribution in [-0.4, -0.2) is 18.3 Å². The molecule has 5 nitrogen and oxygen atoms in total. The van der Waals surface area contributed by atoms with Gasteiger partial charge in [-0.05, 0) is 274 Å². The monoisotopic (exact) mass is 1910 g/mol. The molecule has 146 heavy (non-hydrogen) atoms. The first-order valence-corrected chi connectivity index (χ1v) is 54.5. The predicted octanol–water partition coefficient (Wildman–Crippen LogP) is 40.9. The summed E-state index contributed by atoms with van der Waals surface area (Å²) in [4.78, 5) is 0. The molecule has 0 fully saturated rings. The summed E-state index contributed by atoms with van der Waals surface area (Å²) in [7, 11) is 0. The maximum absolute atomic E-state index is 6.31. The van der Waals surface area contributed by atoms with Gasteiger partial charge in [-0.1, -0.05) is 392 Å². The molecule has 6 heteroatoms. The third kappa shape index (κ3) is 17.7. The second kappa shape index (κ2) is 41.6. The fourth-order valence-electron chi connectivity index (χ4n) is 23.2. The summed E-state index contributed by atoms with van der Waals surface area (Å²) in [5.74, 6) is 0.987. The van der Waals surface area contributed by atoms with Gasteiger partial charge in [0.2, 0.25) is 0 Å². The Balaban J connectivity index is 0.000000122. The highest BCUT2D eigenvalue weighted by atomic mass is 32.1. The number of aryl methyl sites for hydroxylation is 4. The van der Waals surface area contributed by atoms with Crippen LogP contribution in [0.5, 0.6) is 0 Å². The van der Waals surface area contributed by atoms with Gasteiger partial charge in [-0.15, -0.1) is 11.3 Å². The van der Waals surface area contributed by atoms with Gasteiger partial charge >= 0.3 is 0 Å². The second-order valence-corrected chi connectivity index (χ2v) is 41.4. The lowest BCUT2D eigenvalue weighted by Gasteiger charge is -2.18. The van der Waals surface area contributed by atoms with Crippen molar-refractivity contribution < 1.29 is 4.42 Å². The van der Waals surface area contributed by atoms with Crippen molar-refractivity contribution in [2.75, 3.05) is 0 Å². The molecule has 0 bridgehead atoms. The smallest absolute Gasteiger partial charge is 0.136 e. The first kappa shape index (κ1) is 94.0. The van der Waals surface area contributed by atoms with E-state index in [2.05, 4.69) is 480 Å². The van der Waals surface area contributed by atoms with Gasteiger partial charge in [-0.2, -0.15) is 0 Å². The topological polar surface area (TPSA) is 32.9 Å². The van der Waals surface area contributed by atoms with Gasteiger partial charge in [-0.3, -0.25) is 0 Å². The van der Waals surface area contributed by atoms with Crippen LogP contribution in [0, 0.1) is 0 Å². The maximum Gasteiger partial charge on any atom is 0.136 e. The van der Waals surface area contributed by atoms with E-state index in [4.69, 9.17) is 4.42 Å². The summed E-state index contributed by atoms with van der Waals surface area (Å²) in [6, 6.07) is 154. The largest absolute Gasteiger partial charge is 0.456 e. The lowest BCUT2D eigenvalue weighted by atomic mass is 9.91. The van der Waals surface area contributed by atoms with E-state index in [9.17, 15) is 0 Å². The number of unbranched alkanes of at least 4 members (excludes halogenated alkanes) is 7. The van der Waals surface area contributed by atoms with Crippen LogP contribution in [0.2, 0.25) is 0 Å². The van der Waals surface area contributed by atoms with Gasteiger partial charge in [0.15, 0.2) is 0 Å². The molecule has 2 unspecified atom stereocenters. The molecule has 0 saturated carbocycles. The Morgan fingerprint density at radius 3 is 1.25 bits per heavy atom. The zero-order valence-corrected chi connectivity index (χ0v) is 86.2. The molecule has 6 heterocycles. The Labute approximate surface area is 862 Å². The molecule has 718 valence electrons. The molecule has 25 rings (SSSR count). The Bertz CT molecular complexity index is 9020. The molecule has 0 N–H and O–H groups in total. The number of thiophene rings is 1. The first-order valence-electron chi connectivity index (χ1n) is 53.7. The Hall–Kier alpha value is -15.6. The summed E-state index contributed by atoms with van der Waals surface area (Å²) >= 11 is 1.89. The summed E-state index contributed by atoms with van der Waals surface area (Å²) in [5, 5.41) is 15.5.